The Morgan fingerprint density at radius 2 is 1.72 bits per heavy atom. The predicted octanol–water partition coefficient (Wildman–Crippen LogP) is 2.51. The smallest absolute Gasteiger partial charge is 0.309 e. The van der Waals surface area contributed by atoms with Gasteiger partial charge in [0, 0.05) is 20.5 Å². The number of unbranched alkanes of at least 4 members (excludes halogenated alkanes) is 5. The molecule has 0 aliphatic carbocycles. The van der Waals surface area contributed by atoms with E-state index in [1.807, 2.05) is 0 Å². The van der Waals surface area contributed by atoms with Crippen LogP contribution in [0.15, 0.2) is 0 Å². The van der Waals surface area contributed by atoms with E-state index in [-0.39, 0.29) is 18.0 Å². The number of esters is 1. The minimum atomic E-state index is -0.0504. The fraction of sp³-hybridized carbons (Fsp3) is 0.857. The van der Waals surface area contributed by atoms with E-state index in [0.717, 1.165) is 25.7 Å². The van der Waals surface area contributed by atoms with Crippen LogP contribution in [0.25, 0.3) is 0 Å². The molecular formula is C14H25NO3. The lowest BCUT2D eigenvalue weighted by Crippen LogP contribution is -2.32. The first-order valence-corrected chi connectivity index (χ1v) is 6.99. The van der Waals surface area contributed by atoms with Crippen LogP contribution in [0.1, 0.15) is 57.8 Å². The zero-order chi connectivity index (χ0) is 13.4. The Balaban J connectivity index is 1.79. The maximum atomic E-state index is 11.3. The van der Waals surface area contributed by atoms with Gasteiger partial charge < -0.3 is 9.64 Å². The van der Waals surface area contributed by atoms with Gasteiger partial charge in [-0.15, -0.1) is 0 Å². The third kappa shape index (κ3) is 6.03. The number of ether oxygens (including phenoxy) is 1. The third-order valence-corrected chi connectivity index (χ3v) is 3.36. The van der Waals surface area contributed by atoms with Gasteiger partial charge in [-0.3, -0.25) is 9.59 Å². The van der Waals surface area contributed by atoms with Gasteiger partial charge in [0.05, 0.1) is 6.42 Å². The molecule has 0 aromatic heterocycles. The number of cyclic esters (lactones) is 1. The molecule has 1 fully saturated rings. The first-order valence-electron chi connectivity index (χ1n) is 6.99. The zero-order valence-corrected chi connectivity index (χ0v) is 11.6. The van der Waals surface area contributed by atoms with E-state index in [0.29, 0.717) is 12.8 Å². The molecule has 1 heterocycles. The van der Waals surface area contributed by atoms with Gasteiger partial charge >= 0.3 is 5.97 Å². The normalized spacial score (nSPS) is 18.1. The molecule has 1 aliphatic rings. The van der Waals surface area contributed by atoms with E-state index in [2.05, 4.69) is 0 Å². The van der Waals surface area contributed by atoms with Gasteiger partial charge in [0.2, 0.25) is 5.91 Å². The van der Waals surface area contributed by atoms with Gasteiger partial charge in [-0.1, -0.05) is 25.7 Å². The lowest BCUT2D eigenvalue weighted by Gasteiger charge is -2.25. The molecule has 0 radical (unpaired) electrons. The van der Waals surface area contributed by atoms with E-state index in [1.165, 1.54) is 19.3 Å². The lowest BCUT2D eigenvalue weighted by atomic mass is 10.0. The standard InChI is InChI=1S/C14H25NO3/c1-15(2)13(16)10-8-6-4-3-5-7-9-12-11-14(17)18-12/h12H,3-11H2,1-2H3. The van der Waals surface area contributed by atoms with Crippen LogP contribution in [0.2, 0.25) is 0 Å². The maximum Gasteiger partial charge on any atom is 0.309 e. The topological polar surface area (TPSA) is 46.6 Å². The van der Waals surface area contributed by atoms with Crippen LogP contribution < -0.4 is 0 Å². The van der Waals surface area contributed by atoms with E-state index in [4.69, 9.17) is 4.74 Å². The molecule has 0 bridgehead atoms. The Hall–Kier alpha value is -1.06. The molecule has 18 heavy (non-hydrogen) atoms. The summed E-state index contributed by atoms with van der Waals surface area (Å²) in [5.74, 6) is 0.173. The van der Waals surface area contributed by atoms with Crippen LogP contribution in [-0.2, 0) is 14.3 Å². The monoisotopic (exact) mass is 255 g/mol. The molecule has 1 aliphatic heterocycles. The molecular weight excluding hydrogens is 230 g/mol. The second-order valence-electron chi connectivity index (χ2n) is 5.26. The Bertz CT molecular complexity index is 268. The lowest BCUT2D eigenvalue weighted by molar-refractivity contribution is -0.169. The summed E-state index contributed by atoms with van der Waals surface area (Å²) in [6.07, 6.45) is 9.42. The average molecular weight is 255 g/mol. The molecule has 1 unspecified atom stereocenters. The number of carbonyl (C=O) groups excluding carboxylic acids is 2. The third-order valence-electron chi connectivity index (χ3n) is 3.36. The molecule has 104 valence electrons. The summed E-state index contributed by atoms with van der Waals surface area (Å²) >= 11 is 0. The summed E-state index contributed by atoms with van der Waals surface area (Å²) in [5, 5.41) is 0. The minimum Gasteiger partial charge on any atom is -0.462 e. The number of carbonyl (C=O) groups is 2. The van der Waals surface area contributed by atoms with Crippen molar-refractivity contribution in [3.05, 3.63) is 0 Å². The van der Waals surface area contributed by atoms with Crippen molar-refractivity contribution >= 4 is 11.9 Å². The summed E-state index contributed by atoms with van der Waals surface area (Å²) in [5.41, 5.74) is 0. The number of hydrogen-bond donors (Lipinski definition) is 0. The molecule has 0 spiro atoms. The average Bonchev–Trinajstić information content (AvgIpc) is 2.29. The van der Waals surface area contributed by atoms with Crippen LogP contribution >= 0.6 is 0 Å². The molecule has 0 aromatic carbocycles. The van der Waals surface area contributed by atoms with E-state index in [9.17, 15) is 9.59 Å². The number of rotatable bonds is 9. The first-order chi connectivity index (χ1) is 8.59. The summed E-state index contributed by atoms with van der Waals surface area (Å²) in [4.78, 5) is 23.5. The van der Waals surface area contributed by atoms with Crippen LogP contribution in [0, 0.1) is 0 Å². The van der Waals surface area contributed by atoms with Gasteiger partial charge in [0.15, 0.2) is 0 Å². The van der Waals surface area contributed by atoms with Crippen molar-refractivity contribution in [1.29, 1.82) is 0 Å². The molecule has 4 heteroatoms. The van der Waals surface area contributed by atoms with Gasteiger partial charge in [-0.2, -0.15) is 0 Å². The van der Waals surface area contributed by atoms with Crippen molar-refractivity contribution in [3.8, 4) is 0 Å². The highest BCUT2D eigenvalue weighted by Gasteiger charge is 2.27. The fourth-order valence-corrected chi connectivity index (χ4v) is 2.10. The number of nitrogens with zero attached hydrogens (tertiary/aromatic N) is 1. The molecule has 1 saturated heterocycles. The van der Waals surface area contributed by atoms with Gasteiger partial charge in [-0.25, -0.2) is 0 Å². The molecule has 1 rings (SSSR count). The van der Waals surface area contributed by atoms with E-state index >= 15 is 0 Å². The Morgan fingerprint density at radius 1 is 1.17 bits per heavy atom. The molecule has 0 N–H and O–H groups in total. The molecule has 4 nitrogen and oxygen atoms in total. The predicted molar refractivity (Wildman–Crippen MR) is 70.1 cm³/mol. The molecule has 0 aromatic rings. The second kappa shape index (κ2) is 8.11. The number of amides is 1. The van der Waals surface area contributed by atoms with Gasteiger partial charge in [-0.05, 0) is 19.3 Å². The Morgan fingerprint density at radius 3 is 2.28 bits per heavy atom. The van der Waals surface area contributed by atoms with Crippen LogP contribution in [0.4, 0.5) is 0 Å². The highest BCUT2D eigenvalue weighted by molar-refractivity contribution is 5.75. The van der Waals surface area contributed by atoms with Gasteiger partial charge in [0.1, 0.15) is 6.10 Å². The van der Waals surface area contributed by atoms with Crippen molar-refractivity contribution in [3.63, 3.8) is 0 Å². The summed E-state index contributed by atoms with van der Waals surface area (Å²) in [6.45, 7) is 0. The minimum absolute atomic E-state index is 0.0504. The highest BCUT2D eigenvalue weighted by Crippen LogP contribution is 2.20. The highest BCUT2D eigenvalue weighted by atomic mass is 16.6. The fourth-order valence-electron chi connectivity index (χ4n) is 2.10. The van der Waals surface area contributed by atoms with Crippen LogP contribution in [0.5, 0.6) is 0 Å². The summed E-state index contributed by atoms with van der Waals surface area (Å²) in [6, 6.07) is 0. The van der Waals surface area contributed by atoms with Crippen LogP contribution in [0.3, 0.4) is 0 Å². The SMILES string of the molecule is CN(C)C(=O)CCCCCCCCC1CC(=O)O1. The van der Waals surface area contributed by atoms with Crippen LogP contribution in [-0.4, -0.2) is 37.0 Å². The first kappa shape index (κ1) is 15.0. The quantitative estimate of drug-likeness (QED) is 0.470. The molecule has 1 atom stereocenters. The van der Waals surface area contributed by atoms with Gasteiger partial charge in [0.25, 0.3) is 0 Å². The Labute approximate surface area is 110 Å². The molecule has 1 amide bonds. The van der Waals surface area contributed by atoms with Crippen molar-refractivity contribution in [2.24, 2.45) is 0 Å². The van der Waals surface area contributed by atoms with Crippen molar-refractivity contribution in [2.75, 3.05) is 14.1 Å². The van der Waals surface area contributed by atoms with Crippen molar-refractivity contribution in [2.45, 2.75) is 63.9 Å². The zero-order valence-electron chi connectivity index (χ0n) is 11.6. The number of hydrogen-bond acceptors (Lipinski definition) is 3. The van der Waals surface area contributed by atoms with Crippen molar-refractivity contribution in [1.82, 2.24) is 4.90 Å². The maximum absolute atomic E-state index is 11.3. The Kier molecular flexibility index (Phi) is 6.76. The largest absolute Gasteiger partial charge is 0.462 e. The van der Waals surface area contributed by atoms with E-state index in [1.54, 1.807) is 19.0 Å². The second-order valence-corrected chi connectivity index (χ2v) is 5.26. The molecule has 0 saturated carbocycles. The van der Waals surface area contributed by atoms with E-state index < -0.39 is 0 Å². The van der Waals surface area contributed by atoms with Crippen molar-refractivity contribution < 1.29 is 14.3 Å². The summed E-state index contributed by atoms with van der Waals surface area (Å²) < 4.78 is 4.95. The summed E-state index contributed by atoms with van der Waals surface area (Å²) in [7, 11) is 3.60.